The van der Waals surface area contributed by atoms with Crippen LogP contribution in [-0.4, -0.2) is 31.8 Å². The Hall–Kier alpha value is -2.68. The average molecular weight is 457 g/mol. The number of alkyl halides is 3. The van der Waals surface area contributed by atoms with Crippen LogP contribution < -0.4 is 9.64 Å². The molecule has 0 bridgehead atoms. The Morgan fingerprint density at radius 1 is 1.12 bits per heavy atom. The van der Waals surface area contributed by atoms with Crippen LogP contribution >= 0.6 is 0 Å². The topological polar surface area (TPSA) is 38.8 Å². The Morgan fingerprint density at radius 2 is 1.84 bits per heavy atom. The van der Waals surface area contributed by atoms with Crippen molar-refractivity contribution in [1.82, 2.24) is 0 Å². The number of rotatable bonds is 6. The lowest BCUT2D eigenvalue weighted by atomic mass is 9.97. The van der Waals surface area contributed by atoms with Gasteiger partial charge in [-0.05, 0) is 42.7 Å². The smallest absolute Gasteiger partial charge is 0.416 e. The van der Waals surface area contributed by atoms with Gasteiger partial charge in [0.05, 0.1) is 30.5 Å². The molecule has 32 heavy (non-hydrogen) atoms. The molecule has 0 radical (unpaired) electrons. The SMILES string of the molecule is CCC[C@H]1[C@H](CC)OCC(=O)N1c1cc(F)c(-c2cc(F)cc(C(F)(F)F)c2)cc1OC. The number of ether oxygens (including phenoxy) is 2. The fourth-order valence-corrected chi connectivity index (χ4v) is 4.05. The van der Waals surface area contributed by atoms with E-state index in [1.54, 1.807) is 0 Å². The monoisotopic (exact) mass is 457 g/mol. The van der Waals surface area contributed by atoms with E-state index in [1.807, 2.05) is 13.8 Å². The molecule has 0 unspecified atom stereocenters. The summed E-state index contributed by atoms with van der Waals surface area (Å²) in [4.78, 5) is 14.2. The Labute approximate surface area is 182 Å². The minimum atomic E-state index is -4.79. The van der Waals surface area contributed by atoms with Crippen LogP contribution in [0, 0.1) is 11.6 Å². The van der Waals surface area contributed by atoms with E-state index in [9.17, 15) is 22.4 Å². The zero-order chi connectivity index (χ0) is 23.6. The quantitative estimate of drug-likeness (QED) is 0.502. The molecular weight excluding hydrogens is 433 g/mol. The van der Waals surface area contributed by atoms with Gasteiger partial charge in [0.15, 0.2) is 0 Å². The molecule has 0 spiro atoms. The van der Waals surface area contributed by atoms with Gasteiger partial charge in [-0.15, -0.1) is 0 Å². The number of hydrogen-bond donors (Lipinski definition) is 0. The first-order valence-corrected chi connectivity index (χ1v) is 10.3. The summed E-state index contributed by atoms with van der Waals surface area (Å²) in [6, 6.07) is 3.72. The highest BCUT2D eigenvalue weighted by molar-refractivity contribution is 5.97. The number of methoxy groups -OCH3 is 1. The third kappa shape index (κ3) is 4.72. The van der Waals surface area contributed by atoms with E-state index in [0.29, 0.717) is 25.0 Å². The molecule has 1 fully saturated rings. The summed E-state index contributed by atoms with van der Waals surface area (Å²) in [5, 5.41) is 0. The number of halogens is 5. The van der Waals surface area contributed by atoms with Crippen molar-refractivity contribution in [2.75, 3.05) is 18.6 Å². The summed E-state index contributed by atoms with van der Waals surface area (Å²) in [5.74, 6) is -2.33. The molecule has 0 aromatic heterocycles. The van der Waals surface area contributed by atoms with E-state index >= 15 is 4.39 Å². The van der Waals surface area contributed by atoms with Gasteiger partial charge in [-0.3, -0.25) is 4.79 Å². The predicted octanol–water partition coefficient (Wildman–Crippen LogP) is 5.97. The van der Waals surface area contributed by atoms with E-state index in [4.69, 9.17) is 9.47 Å². The molecule has 1 aliphatic rings. The number of morpholine rings is 1. The molecule has 9 heteroatoms. The van der Waals surface area contributed by atoms with Gasteiger partial charge >= 0.3 is 6.18 Å². The van der Waals surface area contributed by atoms with Gasteiger partial charge in [0, 0.05) is 11.6 Å². The Bertz CT molecular complexity index is 992. The largest absolute Gasteiger partial charge is 0.495 e. The first-order valence-electron chi connectivity index (χ1n) is 10.3. The first-order chi connectivity index (χ1) is 15.1. The molecule has 1 aliphatic heterocycles. The Morgan fingerprint density at radius 3 is 2.44 bits per heavy atom. The number of hydrogen-bond acceptors (Lipinski definition) is 3. The second-order valence-corrected chi connectivity index (χ2v) is 7.61. The van der Waals surface area contributed by atoms with Crippen LogP contribution in [0.15, 0.2) is 30.3 Å². The third-order valence-corrected chi connectivity index (χ3v) is 5.50. The number of amides is 1. The van der Waals surface area contributed by atoms with Crippen molar-refractivity contribution in [2.45, 2.75) is 51.4 Å². The summed E-state index contributed by atoms with van der Waals surface area (Å²) >= 11 is 0. The zero-order valence-corrected chi connectivity index (χ0v) is 17.9. The molecule has 0 aliphatic carbocycles. The van der Waals surface area contributed by atoms with Gasteiger partial charge < -0.3 is 14.4 Å². The van der Waals surface area contributed by atoms with E-state index in [-0.39, 0.29) is 47.2 Å². The number of benzene rings is 2. The van der Waals surface area contributed by atoms with E-state index in [2.05, 4.69) is 0 Å². The van der Waals surface area contributed by atoms with Crippen molar-refractivity contribution >= 4 is 11.6 Å². The van der Waals surface area contributed by atoms with Crippen LogP contribution in [0.25, 0.3) is 11.1 Å². The molecule has 3 rings (SSSR count). The molecule has 0 saturated carbocycles. The lowest BCUT2D eigenvalue weighted by molar-refractivity contribution is -0.137. The van der Waals surface area contributed by atoms with Crippen molar-refractivity contribution in [3.63, 3.8) is 0 Å². The van der Waals surface area contributed by atoms with Gasteiger partial charge in [0.25, 0.3) is 5.91 Å². The van der Waals surface area contributed by atoms with Crippen molar-refractivity contribution in [2.24, 2.45) is 0 Å². The summed E-state index contributed by atoms with van der Waals surface area (Å²) in [7, 11) is 1.31. The van der Waals surface area contributed by atoms with Crippen LogP contribution in [0.2, 0.25) is 0 Å². The van der Waals surface area contributed by atoms with E-state index in [0.717, 1.165) is 18.6 Å². The Balaban J connectivity index is 2.13. The van der Waals surface area contributed by atoms with Crippen molar-refractivity contribution in [1.29, 1.82) is 0 Å². The first kappa shape index (κ1) is 24.0. The maximum atomic E-state index is 15.2. The maximum Gasteiger partial charge on any atom is 0.416 e. The molecule has 174 valence electrons. The van der Waals surface area contributed by atoms with Crippen molar-refractivity contribution < 1.29 is 36.2 Å². The van der Waals surface area contributed by atoms with Gasteiger partial charge in [0.1, 0.15) is 24.0 Å². The number of anilines is 1. The molecule has 2 atom stereocenters. The zero-order valence-electron chi connectivity index (χ0n) is 17.9. The molecule has 2 aromatic carbocycles. The van der Waals surface area contributed by atoms with Crippen LogP contribution in [0.5, 0.6) is 5.75 Å². The van der Waals surface area contributed by atoms with Crippen LogP contribution in [-0.2, 0) is 15.7 Å². The molecule has 1 heterocycles. The van der Waals surface area contributed by atoms with Gasteiger partial charge in [-0.2, -0.15) is 13.2 Å². The minimum absolute atomic E-state index is 0.0884. The van der Waals surface area contributed by atoms with Gasteiger partial charge in [-0.25, -0.2) is 8.78 Å². The van der Waals surface area contributed by atoms with Crippen LogP contribution in [0.3, 0.4) is 0 Å². The molecule has 1 saturated heterocycles. The summed E-state index contributed by atoms with van der Waals surface area (Å²) in [5.41, 5.74) is -1.63. The number of carbonyl (C=O) groups is 1. The normalized spacial score (nSPS) is 19.4. The molecule has 1 amide bonds. The summed E-state index contributed by atoms with van der Waals surface area (Å²) in [6.07, 6.45) is -3.05. The second-order valence-electron chi connectivity index (χ2n) is 7.61. The van der Waals surface area contributed by atoms with E-state index < -0.39 is 23.4 Å². The number of carbonyl (C=O) groups excluding carboxylic acids is 1. The molecule has 2 aromatic rings. The highest BCUT2D eigenvalue weighted by Gasteiger charge is 2.38. The Kier molecular flexibility index (Phi) is 7.07. The highest BCUT2D eigenvalue weighted by Crippen LogP contribution is 2.40. The lowest BCUT2D eigenvalue weighted by Gasteiger charge is -2.41. The number of nitrogens with zero attached hydrogens (tertiary/aromatic N) is 1. The predicted molar refractivity (Wildman–Crippen MR) is 110 cm³/mol. The lowest BCUT2D eigenvalue weighted by Crippen LogP contribution is -2.54. The van der Waals surface area contributed by atoms with Gasteiger partial charge in [0.2, 0.25) is 0 Å². The molecule has 4 nitrogen and oxygen atoms in total. The average Bonchev–Trinajstić information content (AvgIpc) is 2.73. The third-order valence-electron chi connectivity index (χ3n) is 5.50. The van der Waals surface area contributed by atoms with Crippen molar-refractivity contribution in [3.8, 4) is 16.9 Å². The van der Waals surface area contributed by atoms with Crippen LogP contribution in [0.4, 0.5) is 27.6 Å². The van der Waals surface area contributed by atoms with Gasteiger partial charge in [-0.1, -0.05) is 20.3 Å². The fourth-order valence-electron chi connectivity index (χ4n) is 4.05. The fraction of sp³-hybridized carbons (Fsp3) is 0.435. The summed E-state index contributed by atoms with van der Waals surface area (Å²) < 4.78 is 79.4. The van der Waals surface area contributed by atoms with Crippen molar-refractivity contribution in [3.05, 3.63) is 47.5 Å². The maximum absolute atomic E-state index is 15.2. The van der Waals surface area contributed by atoms with E-state index in [1.165, 1.54) is 18.1 Å². The molecule has 0 N–H and O–H groups in total. The minimum Gasteiger partial charge on any atom is -0.495 e. The highest BCUT2D eigenvalue weighted by atomic mass is 19.4. The molecular formula is C23H24F5NO3. The standard InChI is InChI=1S/C23H24F5NO3/c1-4-6-18-20(5-2)32-12-22(30)29(18)19-11-17(25)16(10-21(19)31-3)13-7-14(23(26,27)28)9-15(24)8-13/h7-11,18,20H,4-6,12H2,1-3H3/t18-,20-/m0/s1. The van der Waals surface area contributed by atoms with Crippen LogP contribution in [0.1, 0.15) is 38.7 Å². The summed E-state index contributed by atoms with van der Waals surface area (Å²) in [6.45, 7) is 3.70. The second kappa shape index (κ2) is 9.44.